The molecule has 0 heterocycles. The highest BCUT2D eigenvalue weighted by Crippen LogP contribution is 2.13. The van der Waals surface area contributed by atoms with Crippen LogP contribution in [0, 0.1) is 0 Å². The van der Waals surface area contributed by atoms with Gasteiger partial charge in [-0.1, -0.05) is 12.1 Å². The number of aromatic hydroxyl groups is 1. The maximum Gasteiger partial charge on any atom is 0.410 e. The molecule has 0 aliphatic rings. The summed E-state index contributed by atoms with van der Waals surface area (Å²) in [5, 5.41) is 18.1. The summed E-state index contributed by atoms with van der Waals surface area (Å²) >= 11 is 0. The predicted molar refractivity (Wildman–Crippen MR) is 77.3 cm³/mol. The summed E-state index contributed by atoms with van der Waals surface area (Å²) in [5.41, 5.74) is 0.221. The third-order valence-electron chi connectivity index (χ3n) is 2.58. The molecule has 0 radical (unpaired) electrons. The van der Waals surface area contributed by atoms with E-state index < -0.39 is 24.2 Å². The van der Waals surface area contributed by atoms with Crippen LogP contribution < -0.4 is 0 Å². The average Bonchev–Trinajstić information content (AvgIpc) is 2.33. The van der Waals surface area contributed by atoms with Gasteiger partial charge in [-0.2, -0.15) is 0 Å². The van der Waals surface area contributed by atoms with Gasteiger partial charge in [0.15, 0.2) is 0 Å². The smallest absolute Gasteiger partial charge is 0.410 e. The summed E-state index contributed by atoms with van der Waals surface area (Å²) in [5.74, 6) is -0.931. The van der Waals surface area contributed by atoms with Gasteiger partial charge in [0.2, 0.25) is 0 Å². The zero-order valence-electron chi connectivity index (χ0n) is 12.5. The molecule has 1 amide bonds. The SMILES string of the molecule is CC(C)(C)OC(=O)N(CCc1ccc(O)cc1)CC(=O)O. The maximum absolute atomic E-state index is 12.0. The molecule has 1 aromatic carbocycles. The van der Waals surface area contributed by atoms with Crippen LogP contribution in [0.5, 0.6) is 5.75 Å². The first kappa shape index (κ1) is 16.8. The average molecular weight is 295 g/mol. The van der Waals surface area contributed by atoms with E-state index in [1.54, 1.807) is 45.0 Å². The molecule has 6 nitrogen and oxygen atoms in total. The predicted octanol–water partition coefficient (Wildman–Crippen LogP) is 2.26. The van der Waals surface area contributed by atoms with Crippen molar-refractivity contribution in [1.29, 1.82) is 0 Å². The number of carbonyl (C=O) groups excluding carboxylic acids is 1. The minimum Gasteiger partial charge on any atom is -0.508 e. The second-order valence-electron chi connectivity index (χ2n) is 5.71. The molecule has 0 bridgehead atoms. The summed E-state index contributed by atoms with van der Waals surface area (Å²) in [4.78, 5) is 24.0. The molecule has 1 rings (SSSR count). The molecule has 0 aromatic heterocycles. The van der Waals surface area contributed by atoms with Crippen molar-refractivity contribution in [2.24, 2.45) is 0 Å². The van der Waals surface area contributed by atoms with E-state index in [4.69, 9.17) is 9.84 Å². The zero-order chi connectivity index (χ0) is 16.0. The first-order valence-corrected chi connectivity index (χ1v) is 6.65. The third kappa shape index (κ3) is 6.65. The lowest BCUT2D eigenvalue weighted by atomic mass is 10.1. The molecule has 21 heavy (non-hydrogen) atoms. The molecular weight excluding hydrogens is 274 g/mol. The van der Waals surface area contributed by atoms with Crippen molar-refractivity contribution in [1.82, 2.24) is 4.90 Å². The van der Waals surface area contributed by atoms with Gasteiger partial charge in [0.05, 0.1) is 0 Å². The van der Waals surface area contributed by atoms with E-state index in [1.807, 2.05) is 0 Å². The van der Waals surface area contributed by atoms with Crippen LogP contribution in [0.2, 0.25) is 0 Å². The second kappa shape index (κ2) is 6.97. The highest BCUT2D eigenvalue weighted by atomic mass is 16.6. The van der Waals surface area contributed by atoms with Crippen LogP contribution in [0.25, 0.3) is 0 Å². The number of phenolic OH excluding ortho intramolecular Hbond substituents is 1. The van der Waals surface area contributed by atoms with Crippen LogP contribution in [-0.4, -0.2) is 45.9 Å². The fourth-order valence-electron chi connectivity index (χ4n) is 1.65. The van der Waals surface area contributed by atoms with Gasteiger partial charge in [0.1, 0.15) is 17.9 Å². The first-order valence-electron chi connectivity index (χ1n) is 6.65. The molecule has 0 saturated heterocycles. The van der Waals surface area contributed by atoms with E-state index in [1.165, 1.54) is 0 Å². The Morgan fingerprint density at radius 3 is 2.24 bits per heavy atom. The molecule has 0 saturated carbocycles. The number of amides is 1. The molecule has 0 fully saturated rings. The summed E-state index contributed by atoms with van der Waals surface area (Å²) in [6, 6.07) is 6.54. The molecule has 0 aliphatic heterocycles. The Kier molecular flexibility index (Phi) is 5.58. The largest absolute Gasteiger partial charge is 0.508 e. The molecule has 1 aromatic rings. The van der Waals surface area contributed by atoms with Crippen LogP contribution in [-0.2, 0) is 16.0 Å². The van der Waals surface area contributed by atoms with Crippen molar-refractivity contribution in [3.63, 3.8) is 0 Å². The van der Waals surface area contributed by atoms with Gasteiger partial charge in [-0.25, -0.2) is 4.79 Å². The number of phenols is 1. The number of carboxylic acids is 1. The van der Waals surface area contributed by atoms with Crippen molar-refractivity contribution < 1.29 is 24.5 Å². The molecule has 0 atom stereocenters. The lowest BCUT2D eigenvalue weighted by Crippen LogP contribution is -2.40. The topological polar surface area (TPSA) is 87.1 Å². The van der Waals surface area contributed by atoms with Crippen molar-refractivity contribution in [2.75, 3.05) is 13.1 Å². The van der Waals surface area contributed by atoms with E-state index in [2.05, 4.69) is 0 Å². The number of carbonyl (C=O) groups is 2. The Balaban J connectivity index is 2.67. The quantitative estimate of drug-likeness (QED) is 0.870. The molecule has 0 aliphatic carbocycles. The Bertz CT molecular complexity index is 490. The summed E-state index contributed by atoms with van der Waals surface area (Å²) in [6.07, 6.45) is -0.170. The Hall–Kier alpha value is -2.24. The normalized spacial score (nSPS) is 11.0. The number of ether oxygens (including phenoxy) is 1. The highest BCUT2D eigenvalue weighted by Gasteiger charge is 2.23. The highest BCUT2D eigenvalue weighted by molar-refractivity contribution is 5.76. The van der Waals surface area contributed by atoms with Crippen LogP contribution in [0.15, 0.2) is 24.3 Å². The summed E-state index contributed by atoms with van der Waals surface area (Å²) in [6.45, 7) is 5.00. The number of benzene rings is 1. The lowest BCUT2D eigenvalue weighted by molar-refractivity contribution is -0.138. The second-order valence-corrected chi connectivity index (χ2v) is 5.71. The molecule has 116 valence electrons. The van der Waals surface area contributed by atoms with Crippen molar-refractivity contribution in [2.45, 2.75) is 32.8 Å². The van der Waals surface area contributed by atoms with Gasteiger partial charge in [0.25, 0.3) is 0 Å². The van der Waals surface area contributed by atoms with Crippen LogP contribution in [0.3, 0.4) is 0 Å². The standard InChI is InChI=1S/C15H21NO5/c1-15(2,3)21-14(20)16(10-13(18)19)9-8-11-4-6-12(17)7-5-11/h4-7,17H,8-10H2,1-3H3,(H,18,19). The summed E-state index contributed by atoms with van der Waals surface area (Å²) in [7, 11) is 0. The molecular formula is C15H21NO5. The van der Waals surface area contributed by atoms with Gasteiger partial charge in [-0.05, 0) is 44.9 Å². The van der Waals surface area contributed by atoms with E-state index in [0.29, 0.717) is 6.42 Å². The van der Waals surface area contributed by atoms with Gasteiger partial charge in [-0.3, -0.25) is 9.69 Å². The third-order valence-corrected chi connectivity index (χ3v) is 2.58. The van der Waals surface area contributed by atoms with Crippen molar-refractivity contribution >= 4 is 12.1 Å². The number of nitrogens with zero attached hydrogens (tertiary/aromatic N) is 1. The van der Waals surface area contributed by atoms with E-state index in [-0.39, 0.29) is 12.3 Å². The van der Waals surface area contributed by atoms with Crippen molar-refractivity contribution in [3.8, 4) is 5.75 Å². The monoisotopic (exact) mass is 295 g/mol. The number of carboxylic acid groups (broad SMARTS) is 1. The van der Waals surface area contributed by atoms with Gasteiger partial charge in [0, 0.05) is 6.54 Å². The first-order chi connectivity index (χ1) is 9.67. The maximum atomic E-state index is 12.0. The number of rotatable bonds is 5. The molecule has 0 unspecified atom stereocenters. The number of aliphatic carboxylic acids is 1. The lowest BCUT2D eigenvalue weighted by Gasteiger charge is -2.26. The zero-order valence-corrected chi connectivity index (χ0v) is 12.5. The molecule has 0 spiro atoms. The fraction of sp³-hybridized carbons (Fsp3) is 0.467. The molecule has 6 heteroatoms. The Morgan fingerprint density at radius 1 is 1.19 bits per heavy atom. The van der Waals surface area contributed by atoms with Crippen LogP contribution in [0.4, 0.5) is 4.79 Å². The van der Waals surface area contributed by atoms with E-state index >= 15 is 0 Å². The van der Waals surface area contributed by atoms with E-state index in [9.17, 15) is 14.7 Å². The number of hydrogen-bond donors (Lipinski definition) is 2. The minimum atomic E-state index is -1.09. The van der Waals surface area contributed by atoms with Crippen molar-refractivity contribution in [3.05, 3.63) is 29.8 Å². The number of hydrogen-bond acceptors (Lipinski definition) is 4. The van der Waals surface area contributed by atoms with Gasteiger partial charge in [-0.15, -0.1) is 0 Å². The summed E-state index contributed by atoms with van der Waals surface area (Å²) < 4.78 is 5.19. The minimum absolute atomic E-state index is 0.160. The van der Waals surface area contributed by atoms with Crippen LogP contribution >= 0.6 is 0 Å². The van der Waals surface area contributed by atoms with Gasteiger partial charge >= 0.3 is 12.1 Å². The van der Waals surface area contributed by atoms with Gasteiger partial charge < -0.3 is 14.9 Å². The fourth-order valence-corrected chi connectivity index (χ4v) is 1.65. The molecule has 2 N–H and O–H groups in total. The van der Waals surface area contributed by atoms with Crippen LogP contribution in [0.1, 0.15) is 26.3 Å². The Morgan fingerprint density at radius 2 is 1.76 bits per heavy atom. The van der Waals surface area contributed by atoms with E-state index in [0.717, 1.165) is 10.5 Å². The Labute approximate surface area is 124 Å².